The maximum absolute atomic E-state index is 10.8. The van der Waals surface area contributed by atoms with E-state index in [-0.39, 0.29) is 11.9 Å². The minimum absolute atomic E-state index is 0.0233. The summed E-state index contributed by atoms with van der Waals surface area (Å²) >= 11 is 0. The summed E-state index contributed by atoms with van der Waals surface area (Å²) in [5.41, 5.74) is 0. The lowest BCUT2D eigenvalue weighted by molar-refractivity contribution is -0.147. The van der Waals surface area contributed by atoms with Gasteiger partial charge in [-0.15, -0.1) is 6.58 Å². The summed E-state index contributed by atoms with van der Waals surface area (Å²) in [6.45, 7) is 7.60. The third-order valence-electron chi connectivity index (χ3n) is 1.04. The van der Waals surface area contributed by atoms with E-state index in [1.165, 1.54) is 0 Å². The molecule has 0 atom stereocenters. The number of hydrogen-bond acceptors (Lipinski definition) is 2. The number of carbonyl (C=O) groups is 1. The second kappa shape index (κ2) is 5.03. The zero-order chi connectivity index (χ0) is 7.98. The number of ether oxygens (including phenoxy) is 1. The highest BCUT2D eigenvalue weighted by Gasteiger charge is 2.05. The highest BCUT2D eigenvalue weighted by Crippen LogP contribution is 1.96. The molecule has 0 rings (SSSR count). The van der Waals surface area contributed by atoms with Gasteiger partial charge in [-0.25, -0.2) is 0 Å². The van der Waals surface area contributed by atoms with Crippen molar-refractivity contribution in [2.45, 2.75) is 20.3 Å². The van der Waals surface area contributed by atoms with E-state index in [2.05, 4.69) is 6.58 Å². The normalized spacial score (nSPS) is 9.50. The van der Waals surface area contributed by atoms with E-state index in [9.17, 15) is 4.79 Å². The molecule has 2 heteroatoms. The summed E-state index contributed by atoms with van der Waals surface area (Å²) in [5.74, 6) is -0.160. The summed E-state index contributed by atoms with van der Waals surface area (Å²) in [6, 6.07) is 0. The van der Waals surface area contributed by atoms with Crippen LogP contribution in [0.15, 0.2) is 12.7 Å². The van der Waals surface area contributed by atoms with Crippen molar-refractivity contribution in [3.8, 4) is 0 Å². The Balaban J connectivity index is 3.30. The van der Waals surface area contributed by atoms with Crippen LogP contribution in [-0.2, 0) is 9.53 Å². The van der Waals surface area contributed by atoms with Crippen LogP contribution in [0.1, 0.15) is 20.3 Å². The lowest BCUT2D eigenvalue weighted by atomic mass is 9.89. The summed E-state index contributed by atoms with van der Waals surface area (Å²) < 4.78 is 4.83. The minimum Gasteiger partial charge on any atom is -0.465 e. The Bertz CT molecular complexity index is 116. The van der Waals surface area contributed by atoms with Gasteiger partial charge in [-0.05, 0) is 6.42 Å². The molecule has 58 valence electrons. The maximum Gasteiger partial charge on any atom is 0.308 e. The molecule has 0 amide bonds. The Kier molecular flexibility index (Phi) is 4.63. The minimum atomic E-state index is -0.137. The van der Waals surface area contributed by atoms with Gasteiger partial charge in [0.15, 0.2) is 0 Å². The molecule has 0 saturated heterocycles. The number of hydrogen-bond donors (Lipinski definition) is 0. The molecule has 0 aliphatic rings. The average Bonchev–Trinajstić information content (AvgIpc) is 1.88. The van der Waals surface area contributed by atoms with E-state index in [0.717, 1.165) is 6.42 Å². The standard InChI is InChI=1S/C8H14O2/c1-4-5-6-10-8(9)7(2)3/h4,7H,1,5-6H2,2-3H3/i8-1. The van der Waals surface area contributed by atoms with Gasteiger partial charge in [-0.1, -0.05) is 19.9 Å². The summed E-state index contributed by atoms with van der Waals surface area (Å²) in [6.07, 6.45) is 2.46. The molecule has 0 unspecified atom stereocenters. The Morgan fingerprint density at radius 1 is 1.70 bits per heavy atom. The van der Waals surface area contributed by atoms with E-state index in [0.29, 0.717) is 6.61 Å². The van der Waals surface area contributed by atoms with Crippen LogP contribution in [0.4, 0.5) is 0 Å². The first-order valence-corrected chi connectivity index (χ1v) is 3.46. The van der Waals surface area contributed by atoms with Crippen LogP contribution >= 0.6 is 0 Å². The second-order valence-electron chi connectivity index (χ2n) is 2.40. The van der Waals surface area contributed by atoms with Crippen LogP contribution in [-0.4, -0.2) is 12.6 Å². The van der Waals surface area contributed by atoms with Crippen LogP contribution in [0.5, 0.6) is 0 Å². The van der Waals surface area contributed by atoms with Gasteiger partial charge < -0.3 is 4.74 Å². The van der Waals surface area contributed by atoms with E-state index in [4.69, 9.17) is 4.74 Å². The first kappa shape index (κ1) is 9.21. The van der Waals surface area contributed by atoms with Gasteiger partial charge >= 0.3 is 5.97 Å². The van der Waals surface area contributed by atoms with Crippen LogP contribution < -0.4 is 0 Å². The predicted octanol–water partition coefficient (Wildman–Crippen LogP) is 1.76. The molecular weight excluding hydrogens is 127 g/mol. The fourth-order valence-electron chi connectivity index (χ4n) is 0.410. The predicted molar refractivity (Wildman–Crippen MR) is 40.6 cm³/mol. The molecule has 0 aliphatic carbocycles. The Hall–Kier alpha value is -0.790. The fourth-order valence-corrected chi connectivity index (χ4v) is 0.410. The smallest absolute Gasteiger partial charge is 0.308 e. The molecule has 0 spiro atoms. The van der Waals surface area contributed by atoms with Crippen molar-refractivity contribution >= 4 is 5.97 Å². The Morgan fingerprint density at radius 3 is 2.70 bits per heavy atom. The molecule has 0 aromatic heterocycles. The van der Waals surface area contributed by atoms with Crippen molar-refractivity contribution in [1.29, 1.82) is 0 Å². The molecular formula is C8H14O2. The average molecular weight is 141 g/mol. The van der Waals surface area contributed by atoms with Crippen molar-refractivity contribution in [3.05, 3.63) is 12.7 Å². The van der Waals surface area contributed by atoms with Crippen molar-refractivity contribution in [2.75, 3.05) is 6.61 Å². The molecule has 0 aliphatic heterocycles. The quantitative estimate of drug-likeness (QED) is 0.339. The molecule has 10 heavy (non-hydrogen) atoms. The number of rotatable bonds is 4. The van der Waals surface area contributed by atoms with Crippen LogP contribution in [0.2, 0.25) is 0 Å². The van der Waals surface area contributed by atoms with Crippen molar-refractivity contribution in [2.24, 2.45) is 5.92 Å². The maximum atomic E-state index is 10.8. The fraction of sp³-hybridized carbons (Fsp3) is 0.625. The van der Waals surface area contributed by atoms with Crippen LogP contribution in [0, 0.1) is 5.92 Å². The van der Waals surface area contributed by atoms with Gasteiger partial charge in [0.1, 0.15) is 0 Å². The number of carbonyl (C=O) groups excluding carboxylic acids is 1. The topological polar surface area (TPSA) is 26.3 Å². The zero-order valence-corrected chi connectivity index (χ0v) is 6.59. The highest BCUT2D eigenvalue weighted by molar-refractivity contribution is 5.71. The summed E-state index contributed by atoms with van der Waals surface area (Å²) in [5, 5.41) is 0. The zero-order valence-electron chi connectivity index (χ0n) is 6.59. The third kappa shape index (κ3) is 4.13. The molecule has 2 nitrogen and oxygen atoms in total. The monoisotopic (exact) mass is 141 g/mol. The van der Waals surface area contributed by atoms with Crippen LogP contribution in [0.25, 0.3) is 0 Å². The van der Waals surface area contributed by atoms with E-state index in [1.807, 2.05) is 13.8 Å². The Morgan fingerprint density at radius 2 is 2.30 bits per heavy atom. The summed E-state index contributed by atoms with van der Waals surface area (Å²) in [7, 11) is 0. The molecule has 0 N–H and O–H groups in total. The van der Waals surface area contributed by atoms with Crippen LogP contribution in [0.3, 0.4) is 0 Å². The molecule has 0 saturated carbocycles. The van der Waals surface area contributed by atoms with Gasteiger partial charge in [0.25, 0.3) is 0 Å². The van der Waals surface area contributed by atoms with Gasteiger partial charge in [0.2, 0.25) is 0 Å². The Labute approximate surface area is 61.9 Å². The molecule has 0 fully saturated rings. The molecule has 0 aromatic carbocycles. The number of esters is 1. The van der Waals surface area contributed by atoms with E-state index in [1.54, 1.807) is 6.08 Å². The van der Waals surface area contributed by atoms with Gasteiger partial charge in [0, 0.05) is 0 Å². The first-order chi connectivity index (χ1) is 4.68. The molecule has 0 bridgehead atoms. The third-order valence-corrected chi connectivity index (χ3v) is 1.04. The first-order valence-electron chi connectivity index (χ1n) is 3.46. The van der Waals surface area contributed by atoms with E-state index < -0.39 is 0 Å². The molecule has 0 heterocycles. The largest absolute Gasteiger partial charge is 0.465 e. The molecule has 0 aromatic rings. The SMILES string of the molecule is C=CCCO[11C](=O)C(C)C. The van der Waals surface area contributed by atoms with Gasteiger partial charge in [0.05, 0.1) is 12.5 Å². The second-order valence-corrected chi connectivity index (χ2v) is 2.40. The van der Waals surface area contributed by atoms with Crippen molar-refractivity contribution < 1.29 is 9.53 Å². The highest BCUT2D eigenvalue weighted by atomic mass is 16.5. The van der Waals surface area contributed by atoms with E-state index >= 15 is 0 Å². The molecule has 0 radical (unpaired) electrons. The lowest BCUT2D eigenvalue weighted by Crippen LogP contribution is -2.11. The summed E-state index contributed by atoms with van der Waals surface area (Å²) in [4.78, 5) is 10.8. The van der Waals surface area contributed by atoms with Gasteiger partial charge in [-0.2, -0.15) is 0 Å². The van der Waals surface area contributed by atoms with Crippen molar-refractivity contribution in [3.63, 3.8) is 0 Å². The lowest BCUT2D eigenvalue weighted by Gasteiger charge is -2.04. The van der Waals surface area contributed by atoms with Gasteiger partial charge in [-0.3, -0.25) is 4.79 Å². The van der Waals surface area contributed by atoms with Crippen molar-refractivity contribution in [1.82, 2.24) is 0 Å².